The molecule has 2 heterocycles. The van der Waals surface area contributed by atoms with Crippen LogP contribution in [0.2, 0.25) is 10.0 Å². The molecule has 0 bridgehead atoms. The molecule has 4 rings (SSSR count). The fraction of sp³-hybridized carbons (Fsp3) is 0.346. The van der Waals surface area contributed by atoms with Crippen molar-refractivity contribution in [1.82, 2.24) is 0 Å². The van der Waals surface area contributed by atoms with Crippen LogP contribution < -0.4 is 9.47 Å². The lowest BCUT2D eigenvalue weighted by Gasteiger charge is -2.25. The summed E-state index contributed by atoms with van der Waals surface area (Å²) >= 11 is 13.8. The Bertz CT molecular complexity index is 1740. The molecule has 2 unspecified atom stereocenters. The van der Waals surface area contributed by atoms with Gasteiger partial charge in [-0.2, -0.15) is 4.57 Å². The van der Waals surface area contributed by atoms with Crippen molar-refractivity contribution in [2.24, 2.45) is 0 Å². The zero-order valence-corrected chi connectivity index (χ0v) is 25.7. The van der Waals surface area contributed by atoms with E-state index in [2.05, 4.69) is 0 Å². The molecule has 0 fully saturated rings. The molecule has 2 N–H and O–H groups in total. The van der Waals surface area contributed by atoms with Gasteiger partial charge >= 0.3 is 0 Å². The number of rotatable bonds is 11. The number of allylic oxidation sites excluding steroid dienone is 3. The Morgan fingerprint density at radius 3 is 2.34 bits per heavy atom. The van der Waals surface area contributed by atoms with Gasteiger partial charge in [0, 0.05) is 46.5 Å². The van der Waals surface area contributed by atoms with Crippen LogP contribution in [0, 0.1) is 0 Å². The van der Waals surface area contributed by atoms with Gasteiger partial charge in [0.15, 0.2) is 6.54 Å². The normalized spacial score (nSPS) is 16.9. The van der Waals surface area contributed by atoms with Gasteiger partial charge in [0.25, 0.3) is 5.01 Å². The third kappa shape index (κ3) is 8.49. The number of thiazole rings is 1. The van der Waals surface area contributed by atoms with E-state index in [4.69, 9.17) is 23.2 Å². The monoisotopic (exact) mass is 661 g/mol. The molecule has 1 aromatic heterocycles. The van der Waals surface area contributed by atoms with Crippen LogP contribution in [-0.2, 0) is 33.2 Å². The van der Waals surface area contributed by atoms with E-state index in [0.717, 1.165) is 21.5 Å². The van der Waals surface area contributed by atoms with Crippen molar-refractivity contribution >= 4 is 76.8 Å². The van der Waals surface area contributed by atoms with Crippen LogP contribution in [0.25, 0.3) is 16.3 Å². The molecule has 0 aliphatic carbocycles. The van der Waals surface area contributed by atoms with E-state index in [1.54, 1.807) is 33.7 Å². The number of aliphatic hydroxyl groups is 2. The molecule has 0 radical (unpaired) electrons. The van der Waals surface area contributed by atoms with Crippen molar-refractivity contribution in [2.75, 3.05) is 23.0 Å². The maximum atomic E-state index is 11.2. The zero-order valence-electron chi connectivity index (χ0n) is 21.7. The van der Waals surface area contributed by atoms with Crippen molar-refractivity contribution in [2.45, 2.75) is 38.5 Å². The van der Waals surface area contributed by atoms with E-state index >= 15 is 0 Å². The summed E-state index contributed by atoms with van der Waals surface area (Å²) in [6.07, 6.45) is 1.90. The Hall–Kier alpha value is -2.07. The molecule has 0 saturated carbocycles. The summed E-state index contributed by atoms with van der Waals surface area (Å²) in [6, 6.07) is 10.5. The van der Waals surface area contributed by atoms with Gasteiger partial charge in [-0.05, 0) is 47.9 Å². The number of aliphatic hydroxyl groups excluding tert-OH is 2. The Kier molecular flexibility index (Phi) is 9.83. The highest BCUT2D eigenvalue weighted by atomic mass is 35.5. The maximum Gasteiger partial charge on any atom is 0.263 e. The second-order valence-electron chi connectivity index (χ2n) is 9.69. The fourth-order valence-corrected chi connectivity index (χ4v) is 7.33. The van der Waals surface area contributed by atoms with Crippen LogP contribution in [0.3, 0.4) is 0 Å². The highest BCUT2D eigenvalue weighted by Crippen LogP contribution is 2.37. The number of hydrogen-bond donors (Lipinski definition) is 2. The van der Waals surface area contributed by atoms with Gasteiger partial charge in [-0.3, -0.25) is 0 Å². The third-order valence-electron chi connectivity index (χ3n) is 6.40. The summed E-state index contributed by atoms with van der Waals surface area (Å²) in [5.74, 6) is -1.88. The van der Waals surface area contributed by atoms with Crippen LogP contribution in [0.4, 0.5) is 5.69 Å². The molecule has 10 nitrogen and oxygen atoms in total. The number of hydrogen-bond acceptors (Lipinski definition) is 10. The van der Waals surface area contributed by atoms with Crippen LogP contribution in [0.1, 0.15) is 23.9 Å². The average molecular weight is 663 g/mol. The fourth-order valence-electron chi connectivity index (χ4n) is 4.71. The van der Waals surface area contributed by atoms with E-state index in [1.807, 2.05) is 31.2 Å². The van der Waals surface area contributed by atoms with Crippen LogP contribution in [0.5, 0.6) is 0 Å². The summed E-state index contributed by atoms with van der Waals surface area (Å²) in [4.78, 5) is 1.74. The van der Waals surface area contributed by atoms with Gasteiger partial charge in [0.1, 0.15) is 10.8 Å². The molecule has 2 aromatic carbocycles. The molecule has 0 saturated heterocycles. The van der Waals surface area contributed by atoms with Gasteiger partial charge in [-0.1, -0.05) is 47.5 Å². The zero-order chi connectivity index (χ0) is 30.1. The SMILES string of the molecule is CCC(=C\c1sc2ccc(Cl)cc2[n+]1CC(O)CS(=O)(=O)[O-])/C=C1\Cc2ccc(Cl)cc2N1CC(O)CS(=O)(=O)[O-]. The summed E-state index contributed by atoms with van der Waals surface area (Å²) in [6.45, 7) is 1.63. The van der Waals surface area contributed by atoms with E-state index < -0.39 is 43.9 Å². The van der Waals surface area contributed by atoms with E-state index in [1.165, 1.54) is 11.3 Å². The van der Waals surface area contributed by atoms with Crippen LogP contribution >= 0.6 is 34.5 Å². The van der Waals surface area contributed by atoms with E-state index in [0.29, 0.717) is 39.1 Å². The molecule has 15 heteroatoms. The first-order valence-electron chi connectivity index (χ1n) is 12.4. The summed E-state index contributed by atoms with van der Waals surface area (Å²) in [7, 11) is -9.31. The van der Waals surface area contributed by atoms with Crippen LogP contribution in [0.15, 0.2) is 53.7 Å². The molecule has 222 valence electrons. The quantitative estimate of drug-likeness (QED) is 0.232. The molecule has 0 spiro atoms. The van der Waals surface area contributed by atoms with Crippen molar-refractivity contribution in [1.29, 1.82) is 0 Å². The van der Waals surface area contributed by atoms with Gasteiger partial charge in [0.2, 0.25) is 5.52 Å². The molecule has 2 atom stereocenters. The highest BCUT2D eigenvalue weighted by molar-refractivity contribution is 7.86. The van der Waals surface area contributed by atoms with Crippen molar-refractivity contribution in [3.8, 4) is 0 Å². The average Bonchev–Trinajstić information content (AvgIpc) is 3.33. The minimum Gasteiger partial charge on any atom is -0.748 e. The van der Waals surface area contributed by atoms with Gasteiger partial charge in [-0.15, -0.1) is 0 Å². The lowest BCUT2D eigenvalue weighted by molar-refractivity contribution is -0.675. The highest BCUT2D eigenvalue weighted by Gasteiger charge is 2.28. The molecular formula is C26H27Cl2N2O8S3-. The number of benzene rings is 2. The molecular weight excluding hydrogens is 635 g/mol. The second-order valence-corrected chi connectivity index (χ2v) is 14.5. The number of halogens is 2. The summed E-state index contributed by atoms with van der Waals surface area (Å²) < 4.78 is 70.0. The van der Waals surface area contributed by atoms with E-state index in [9.17, 15) is 36.2 Å². The van der Waals surface area contributed by atoms with Crippen molar-refractivity contribution < 1.29 is 40.7 Å². The van der Waals surface area contributed by atoms with E-state index in [-0.39, 0.29) is 13.1 Å². The van der Waals surface area contributed by atoms with Gasteiger partial charge in [-0.25, -0.2) is 16.8 Å². The standard InChI is InChI=1S/C26H28Cl2N2O8S3/c1-2-16(7-20-9-17-3-4-18(27)10-23(17)29(20)12-21(31)14-40(33,34)35)8-26-30(13-22(32)15-41(36,37)38)24-11-19(28)5-6-25(24)39-26/h3-8,10-11,21-22,31-32H,2,9,12-15H2,1H3,(H-,33,34,35,36,37,38)/p-1. The Morgan fingerprint density at radius 2 is 1.68 bits per heavy atom. The molecule has 3 aromatic rings. The predicted molar refractivity (Wildman–Crippen MR) is 157 cm³/mol. The predicted octanol–water partition coefficient (Wildman–Crippen LogP) is 3.05. The lowest BCUT2D eigenvalue weighted by Crippen LogP contribution is -2.43. The number of fused-ring (bicyclic) bond motifs is 2. The number of anilines is 1. The molecule has 0 amide bonds. The van der Waals surface area contributed by atoms with Crippen LogP contribution in [-0.4, -0.2) is 66.4 Å². The maximum absolute atomic E-state index is 11.2. The minimum atomic E-state index is -4.65. The summed E-state index contributed by atoms with van der Waals surface area (Å²) in [5, 5.41) is 22.3. The number of β-amino-alcohol motifs (C(OH)–C–C–N with tert-alkyl or cyclic N) is 1. The lowest BCUT2D eigenvalue weighted by atomic mass is 10.1. The Morgan fingerprint density at radius 1 is 1.05 bits per heavy atom. The number of aromatic nitrogens is 1. The topological polar surface area (TPSA) is 162 Å². The summed E-state index contributed by atoms with van der Waals surface area (Å²) in [5.41, 5.74) is 3.82. The molecule has 41 heavy (non-hydrogen) atoms. The third-order valence-corrected chi connectivity index (χ3v) is 9.57. The first kappa shape index (κ1) is 31.9. The van der Waals surface area contributed by atoms with Gasteiger partial charge in [0.05, 0.1) is 37.8 Å². The molecule has 1 aliphatic heterocycles. The minimum absolute atomic E-state index is 0.144. The first-order chi connectivity index (χ1) is 19.1. The first-order valence-corrected chi connectivity index (χ1v) is 17.2. The Balaban J connectivity index is 1.75. The largest absolute Gasteiger partial charge is 0.748 e. The van der Waals surface area contributed by atoms with Crippen molar-refractivity contribution in [3.05, 3.63) is 74.4 Å². The molecule has 1 aliphatic rings. The van der Waals surface area contributed by atoms with Gasteiger partial charge < -0.3 is 24.2 Å². The number of nitrogens with zero attached hydrogens (tertiary/aromatic N) is 2. The second kappa shape index (κ2) is 12.7. The van der Waals surface area contributed by atoms with Crippen molar-refractivity contribution in [3.63, 3.8) is 0 Å². The smallest absolute Gasteiger partial charge is 0.263 e. The Labute approximate surface area is 252 Å².